The lowest BCUT2D eigenvalue weighted by Gasteiger charge is -2.58. The van der Waals surface area contributed by atoms with Gasteiger partial charge in [-0.15, -0.1) is 0 Å². The third-order valence-corrected chi connectivity index (χ3v) is 8.80. The van der Waals surface area contributed by atoms with Crippen LogP contribution in [0.2, 0.25) is 0 Å². The van der Waals surface area contributed by atoms with Crippen LogP contribution in [0.4, 0.5) is 0 Å². The second kappa shape index (κ2) is 5.19. The van der Waals surface area contributed by atoms with Gasteiger partial charge in [-0.1, -0.05) is 25.5 Å². The second-order valence-electron chi connectivity index (χ2n) is 10.2. The summed E-state index contributed by atoms with van der Waals surface area (Å²) in [5.74, 6) is 2.71. The SMILES string of the molecule is CC(=O)[C@H]1CCC2[C@@H]3CC[C@@H]4C[C@](C)(O)CC[C@]4(C)C3=CC[C@@]21C. The summed E-state index contributed by atoms with van der Waals surface area (Å²) in [6.07, 6.45) is 11.5. The Hall–Kier alpha value is -0.630. The molecule has 4 aliphatic carbocycles. The first kappa shape index (κ1) is 16.8. The number of carbonyl (C=O) groups is 1. The fourth-order valence-corrected chi connectivity index (χ4v) is 7.37. The summed E-state index contributed by atoms with van der Waals surface area (Å²) >= 11 is 0. The van der Waals surface area contributed by atoms with Gasteiger partial charge in [0.25, 0.3) is 0 Å². The van der Waals surface area contributed by atoms with Gasteiger partial charge in [-0.2, -0.15) is 0 Å². The lowest BCUT2D eigenvalue weighted by molar-refractivity contribution is -0.125. The van der Waals surface area contributed by atoms with Gasteiger partial charge < -0.3 is 5.11 Å². The van der Waals surface area contributed by atoms with Crippen LogP contribution >= 0.6 is 0 Å². The average molecular weight is 331 g/mol. The van der Waals surface area contributed by atoms with E-state index in [4.69, 9.17) is 0 Å². The van der Waals surface area contributed by atoms with Gasteiger partial charge in [0.2, 0.25) is 0 Å². The molecule has 0 aromatic heterocycles. The highest BCUT2D eigenvalue weighted by atomic mass is 16.3. The zero-order valence-corrected chi connectivity index (χ0v) is 15.9. The van der Waals surface area contributed by atoms with E-state index in [2.05, 4.69) is 19.9 Å². The van der Waals surface area contributed by atoms with E-state index in [1.54, 1.807) is 12.5 Å². The van der Waals surface area contributed by atoms with E-state index in [1.807, 2.05) is 6.92 Å². The third kappa shape index (κ3) is 2.21. The van der Waals surface area contributed by atoms with Crippen molar-refractivity contribution in [3.63, 3.8) is 0 Å². The molecule has 0 spiro atoms. The Balaban J connectivity index is 1.68. The largest absolute Gasteiger partial charge is 0.390 e. The highest BCUT2D eigenvalue weighted by Crippen LogP contribution is 2.66. The van der Waals surface area contributed by atoms with Crippen molar-refractivity contribution in [3.05, 3.63) is 11.6 Å². The molecule has 0 aromatic carbocycles. The summed E-state index contributed by atoms with van der Waals surface area (Å²) in [6.45, 7) is 8.70. The monoisotopic (exact) mass is 330 g/mol. The van der Waals surface area contributed by atoms with E-state index in [9.17, 15) is 9.90 Å². The molecule has 2 nitrogen and oxygen atoms in total. The van der Waals surface area contributed by atoms with Crippen LogP contribution in [0, 0.1) is 34.5 Å². The number of rotatable bonds is 1. The molecule has 0 radical (unpaired) electrons. The molecule has 1 unspecified atom stereocenters. The third-order valence-electron chi connectivity index (χ3n) is 8.80. The summed E-state index contributed by atoms with van der Waals surface area (Å²) in [6, 6.07) is 0. The van der Waals surface area contributed by atoms with Gasteiger partial charge in [0, 0.05) is 5.92 Å². The molecular weight excluding hydrogens is 296 g/mol. The Bertz CT molecular complexity index is 589. The van der Waals surface area contributed by atoms with Crippen molar-refractivity contribution in [2.75, 3.05) is 0 Å². The lowest BCUT2D eigenvalue weighted by atomic mass is 9.47. The van der Waals surface area contributed by atoms with Crippen LogP contribution < -0.4 is 0 Å². The van der Waals surface area contributed by atoms with Gasteiger partial charge in [0.15, 0.2) is 0 Å². The number of ketones is 1. The maximum atomic E-state index is 12.2. The van der Waals surface area contributed by atoms with Crippen LogP contribution in [-0.4, -0.2) is 16.5 Å². The number of Topliss-reactive ketones (excluding diaryl/α,β-unsaturated/α-hetero) is 1. The van der Waals surface area contributed by atoms with Gasteiger partial charge in [-0.25, -0.2) is 0 Å². The fraction of sp³-hybridized carbons (Fsp3) is 0.864. The second-order valence-corrected chi connectivity index (χ2v) is 10.2. The highest BCUT2D eigenvalue weighted by Gasteiger charge is 2.58. The first-order valence-electron chi connectivity index (χ1n) is 10.1. The van der Waals surface area contributed by atoms with Crippen LogP contribution in [0.3, 0.4) is 0 Å². The van der Waals surface area contributed by atoms with Crippen LogP contribution in [0.5, 0.6) is 0 Å². The quantitative estimate of drug-likeness (QED) is 0.694. The molecular formula is C22H34O2. The molecule has 1 N–H and O–H groups in total. The molecule has 3 saturated carbocycles. The molecule has 7 atom stereocenters. The fourth-order valence-electron chi connectivity index (χ4n) is 7.37. The van der Waals surface area contributed by atoms with Crippen LogP contribution in [-0.2, 0) is 4.79 Å². The predicted molar refractivity (Wildman–Crippen MR) is 96.5 cm³/mol. The van der Waals surface area contributed by atoms with Gasteiger partial charge in [0.1, 0.15) is 5.78 Å². The number of hydrogen-bond acceptors (Lipinski definition) is 2. The number of aliphatic hydroxyl groups is 1. The van der Waals surface area contributed by atoms with Crippen molar-refractivity contribution >= 4 is 5.78 Å². The van der Waals surface area contributed by atoms with Crippen molar-refractivity contribution in [1.82, 2.24) is 0 Å². The summed E-state index contributed by atoms with van der Waals surface area (Å²) in [4.78, 5) is 12.2. The van der Waals surface area contributed by atoms with Crippen LogP contribution in [0.25, 0.3) is 0 Å². The normalized spacial score (nSPS) is 53.6. The number of fused-ring (bicyclic) bond motifs is 5. The van der Waals surface area contributed by atoms with Crippen LogP contribution in [0.15, 0.2) is 11.6 Å². The van der Waals surface area contributed by atoms with E-state index in [1.165, 1.54) is 19.3 Å². The average Bonchev–Trinajstić information content (AvgIpc) is 2.85. The van der Waals surface area contributed by atoms with Crippen molar-refractivity contribution in [2.45, 2.75) is 84.7 Å². The molecule has 24 heavy (non-hydrogen) atoms. The number of carbonyl (C=O) groups excluding carboxylic acids is 1. The maximum Gasteiger partial charge on any atom is 0.133 e. The first-order valence-corrected chi connectivity index (χ1v) is 10.1. The Labute approximate surface area is 147 Å². The van der Waals surface area contributed by atoms with Crippen molar-refractivity contribution in [2.24, 2.45) is 34.5 Å². The molecule has 4 rings (SSSR count). The summed E-state index contributed by atoms with van der Waals surface area (Å²) in [5.41, 5.74) is 1.73. The molecule has 0 aliphatic heterocycles. The molecule has 0 aromatic rings. The smallest absolute Gasteiger partial charge is 0.133 e. The van der Waals surface area contributed by atoms with E-state index in [0.717, 1.165) is 32.1 Å². The van der Waals surface area contributed by atoms with E-state index in [0.29, 0.717) is 29.0 Å². The zero-order chi connectivity index (χ0) is 17.3. The zero-order valence-electron chi connectivity index (χ0n) is 15.9. The molecule has 4 aliphatic rings. The maximum absolute atomic E-state index is 12.2. The van der Waals surface area contributed by atoms with Gasteiger partial charge in [-0.05, 0) is 93.8 Å². The molecule has 0 saturated heterocycles. The van der Waals surface area contributed by atoms with Crippen LogP contribution in [0.1, 0.15) is 79.1 Å². The Morgan fingerprint density at radius 2 is 1.88 bits per heavy atom. The molecule has 0 bridgehead atoms. The summed E-state index contributed by atoms with van der Waals surface area (Å²) < 4.78 is 0. The van der Waals surface area contributed by atoms with E-state index >= 15 is 0 Å². The van der Waals surface area contributed by atoms with Gasteiger partial charge in [-0.3, -0.25) is 4.79 Å². The topological polar surface area (TPSA) is 37.3 Å². The Kier molecular flexibility index (Phi) is 3.64. The van der Waals surface area contributed by atoms with E-state index < -0.39 is 5.60 Å². The minimum atomic E-state index is -0.464. The van der Waals surface area contributed by atoms with Crippen molar-refractivity contribution < 1.29 is 9.90 Å². The molecule has 0 heterocycles. The molecule has 134 valence electrons. The minimum absolute atomic E-state index is 0.198. The summed E-state index contributed by atoms with van der Waals surface area (Å²) in [5, 5.41) is 10.6. The number of hydrogen-bond donors (Lipinski definition) is 1. The van der Waals surface area contributed by atoms with Crippen molar-refractivity contribution in [3.8, 4) is 0 Å². The molecule has 2 heteroatoms. The summed E-state index contributed by atoms with van der Waals surface area (Å²) in [7, 11) is 0. The first-order chi connectivity index (χ1) is 11.2. The van der Waals surface area contributed by atoms with Gasteiger partial charge >= 0.3 is 0 Å². The van der Waals surface area contributed by atoms with Crippen molar-refractivity contribution in [1.29, 1.82) is 0 Å². The van der Waals surface area contributed by atoms with Gasteiger partial charge in [0.05, 0.1) is 5.60 Å². The lowest BCUT2D eigenvalue weighted by Crippen LogP contribution is -2.51. The molecule has 3 fully saturated rings. The Morgan fingerprint density at radius 3 is 2.58 bits per heavy atom. The number of allylic oxidation sites excluding steroid dienone is 2. The minimum Gasteiger partial charge on any atom is -0.390 e. The predicted octanol–water partition coefficient (Wildman–Crippen LogP) is 4.91. The molecule has 0 amide bonds. The Morgan fingerprint density at radius 1 is 1.12 bits per heavy atom. The highest BCUT2D eigenvalue weighted by molar-refractivity contribution is 5.79. The van der Waals surface area contributed by atoms with E-state index in [-0.39, 0.29) is 11.3 Å². The standard InChI is InChI=1S/C22H34O2/c1-14(23)17-7-8-18-16-6-5-15-13-20(2,24)11-12-21(15,3)19(16)9-10-22(17,18)4/h9,15-18,24H,5-8,10-13H2,1-4H3/t15-,16+,17-,18?,20-,21+,22-/m1/s1.